The van der Waals surface area contributed by atoms with Gasteiger partial charge in [0.15, 0.2) is 0 Å². The average Bonchev–Trinajstić information content (AvgIpc) is 3.24. The first kappa shape index (κ1) is 25.5. The van der Waals surface area contributed by atoms with Crippen molar-refractivity contribution >= 4 is 43.7 Å². The predicted octanol–water partition coefficient (Wildman–Crippen LogP) is 9.57. The van der Waals surface area contributed by atoms with Gasteiger partial charge in [-0.1, -0.05) is 71.9 Å². The van der Waals surface area contributed by atoms with Crippen LogP contribution in [0.25, 0.3) is 55.0 Å². The van der Waals surface area contributed by atoms with Crippen molar-refractivity contribution in [2.45, 2.75) is 67.2 Å². The molecule has 0 spiro atoms. The average molecular weight is 516 g/mol. The molecular formula is C35H37N3O. The lowest BCUT2D eigenvalue weighted by atomic mass is 9.90. The minimum absolute atomic E-state index is 0.191. The quantitative estimate of drug-likeness (QED) is 0.207. The third kappa shape index (κ3) is 4.56. The molecule has 3 aromatic heterocycles. The summed E-state index contributed by atoms with van der Waals surface area (Å²) < 4.78 is 6.41. The van der Waals surface area contributed by atoms with E-state index in [0.717, 1.165) is 62.9 Å². The zero-order valence-electron chi connectivity index (χ0n) is 24.1. The second-order valence-corrected chi connectivity index (χ2v) is 12.2. The van der Waals surface area contributed by atoms with E-state index in [1.54, 1.807) is 0 Å². The van der Waals surface area contributed by atoms with Crippen LogP contribution in [0.3, 0.4) is 0 Å². The maximum Gasteiger partial charge on any atom is 0.227 e. The highest BCUT2D eigenvalue weighted by Gasteiger charge is 2.21. The number of aryl methyl sites for hydroxylation is 1. The summed E-state index contributed by atoms with van der Waals surface area (Å²) in [6, 6.07) is 19.7. The minimum Gasteiger partial charge on any atom is -0.437 e. The molecule has 4 heteroatoms. The van der Waals surface area contributed by atoms with Crippen LogP contribution in [0.15, 0.2) is 59.0 Å². The fourth-order valence-electron chi connectivity index (χ4n) is 5.83. The van der Waals surface area contributed by atoms with Gasteiger partial charge in [0.25, 0.3) is 0 Å². The first-order valence-corrected chi connectivity index (χ1v) is 14.2. The lowest BCUT2D eigenvalue weighted by molar-refractivity contribution is 0.638. The summed E-state index contributed by atoms with van der Waals surface area (Å²) in [4.78, 5) is 15.1. The smallest absolute Gasteiger partial charge is 0.227 e. The number of hydrogen-bond donors (Lipinski definition) is 0. The normalized spacial score (nSPS) is 12.4. The molecule has 3 heterocycles. The molecule has 6 rings (SSSR count). The van der Waals surface area contributed by atoms with Gasteiger partial charge in [0.1, 0.15) is 11.4 Å². The molecular weight excluding hydrogens is 478 g/mol. The van der Waals surface area contributed by atoms with Crippen LogP contribution in [-0.4, -0.2) is 15.0 Å². The number of aromatic nitrogens is 3. The number of para-hydroxylation sites is 1. The van der Waals surface area contributed by atoms with E-state index in [-0.39, 0.29) is 5.92 Å². The molecule has 4 nitrogen and oxygen atoms in total. The van der Waals surface area contributed by atoms with Crippen molar-refractivity contribution in [1.82, 2.24) is 15.0 Å². The lowest BCUT2D eigenvalue weighted by Crippen LogP contribution is -2.04. The molecule has 0 amide bonds. The molecule has 0 fully saturated rings. The van der Waals surface area contributed by atoms with Crippen LogP contribution in [0, 0.1) is 18.8 Å². The van der Waals surface area contributed by atoms with Crippen molar-refractivity contribution in [3.05, 3.63) is 77.2 Å². The van der Waals surface area contributed by atoms with Crippen LogP contribution in [0.5, 0.6) is 0 Å². The SMILES string of the molecule is Cc1ccc2c(n1)oc1c(-c3nc(C(C)C)nc4c3ccc3cc(CC(C)C)cc(CC(C)C)c34)cccc12. The maximum absolute atomic E-state index is 6.41. The van der Waals surface area contributed by atoms with E-state index < -0.39 is 0 Å². The number of hydrogen-bond acceptors (Lipinski definition) is 4. The number of benzene rings is 3. The molecule has 0 aliphatic carbocycles. The van der Waals surface area contributed by atoms with Gasteiger partial charge in [-0.15, -0.1) is 0 Å². The number of pyridine rings is 1. The van der Waals surface area contributed by atoms with E-state index >= 15 is 0 Å². The second kappa shape index (κ2) is 9.75. The van der Waals surface area contributed by atoms with E-state index in [1.807, 2.05) is 13.0 Å². The Morgan fingerprint density at radius 1 is 0.744 bits per heavy atom. The van der Waals surface area contributed by atoms with Crippen molar-refractivity contribution < 1.29 is 4.42 Å². The number of nitrogens with zero attached hydrogens (tertiary/aromatic N) is 3. The highest BCUT2D eigenvalue weighted by atomic mass is 16.3. The first-order chi connectivity index (χ1) is 18.7. The number of fused-ring (bicyclic) bond motifs is 6. The van der Waals surface area contributed by atoms with Crippen LogP contribution in [0.2, 0.25) is 0 Å². The Bertz CT molecular complexity index is 1860. The zero-order chi connectivity index (χ0) is 27.4. The Hall–Kier alpha value is -3.79. The summed E-state index contributed by atoms with van der Waals surface area (Å²) in [6.45, 7) is 15.5. The van der Waals surface area contributed by atoms with Crippen molar-refractivity contribution in [2.75, 3.05) is 0 Å². The van der Waals surface area contributed by atoms with Crippen LogP contribution in [0.4, 0.5) is 0 Å². The molecule has 198 valence electrons. The highest BCUT2D eigenvalue weighted by molar-refractivity contribution is 6.14. The second-order valence-electron chi connectivity index (χ2n) is 12.2. The molecule has 0 radical (unpaired) electrons. The van der Waals surface area contributed by atoms with Gasteiger partial charge in [-0.2, -0.15) is 0 Å². The van der Waals surface area contributed by atoms with Gasteiger partial charge >= 0.3 is 0 Å². The number of rotatable bonds is 6. The van der Waals surface area contributed by atoms with Gasteiger partial charge < -0.3 is 4.42 Å². The Balaban J connectivity index is 1.70. The van der Waals surface area contributed by atoms with Gasteiger partial charge in [-0.3, -0.25) is 0 Å². The molecule has 0 bridgehead atoms. The van der Waals surface area contributed by atoms with Crippen molar-refractivity contribution in [3.8, 4) is 11.3 Å². The molecule has 3 aromatic carbocycles. The summed E-state index contributed by atoms with van der Waals surface area (Å²) in [6.07, 6.45) is 2.09. The van der Waals surface area contributed by atoms with E-state index in [1.165, 1.54) is 21.9 Å². The van der Waals surface area contributed by atoms with Crippen LogP contribution < -0.4 is 0 Å². The zero-order valence-corrected chi connectivity index (χ0v) is 24.1. The number of furan rings is 1. The van der Waals surface area contributed by atoms with E-state index in [0.29, 0.717) is 17.5 Å². The van der Waals surface area contributed by atoms with E-state index in [2.05, 4.69) is 95.1 Å². The Morgan fingerprint density at radius 3 is 2.26 bits per heavy atom. The van der Waals surface area contributed by atoms with Crippen molar-refractivity contribution in [1.29, 1.82) is 0 Å². The topological polar surface area (TPSA) is 51.8 Å². The monoisotopic (exact) mass is 515 g/mol. The van der Waals surface area contributed by atoms with Crippen LogP contribution >= 0.6 is 0 Å². The summed E-state index contributed by atoms with van der Waals surface area (Å²) in [5.41, 5.74) is 8.17. The fraction of sp³-hybridized carbons (Fsp3) is 0.343. The van der Waals surface area contributed by atoms with Gasteiger partial charge in [-0.05, 0) is 72.4 Å². The standard InChI is InChI=1S/C35H37N3O/c1-19(2)15-23-17-24-12-14-28-31(29-10-8-9-26-27-13-11-22(7)36-35(27)39-33(26)29)37-34(21(5)6)38-32(28)30(24)25(18-23)16-20(3)4/h8-14,17-21H,15-16H2,1-7H3. The van der Waals surface area contributed by atoms with Gasteiger partial charge in [0.05, 0.1) is 11.2 Å². The predicted molar refractivity (Wildman–Crippen MR) is 163 cm³/mol. The summed E-state index contributed by atoms with van der Waals surface area (Å²) in [7, 11) is 0. The largest absolute Gasteiger partial charge is 0.437 e. The third-order valence-corrected chi connectivity index (χ3v) is 7.49. The Morgan fingerprint density at radius 2 is 1.51 bits per heavy atom. The molecule has 0 aliphatic heterocycles. The maximum atomic E-state index is 6.41. The summed E-state index contributed by atoms with van der Waals surface area (Å²) in [5.74, 6) is 2.20. The highest BCUT2D eigenvalue weighted by Crippen LogP contribution is 2.40. The lowest BCUT2D eigenvalue weighted by Gasteiger charge is -2.17. The van der Waals surface area contributed by atoms with Gasteiger partial charge in [0.2, 0.25) is 5.71 Å². The molecule has 6 aromatic rings. The third-order valence-electron chi connectivity index (χ3n) is 7.49. The first-order valence-electron chi connectivity index (χ1n) is 14.2. The molecule has 0 atom stereocenters. The van der Waals surface area contributed by atoms with E-state index in [4.69, 9.17) is 14.4 Å². The van der Waals surface area contributed by atoms with Crippen LogP contribution in [0.1, 0.15) is 70.1 Å². The Kier molecular flexibility index (Phi) is 6.37. The Labute approximate surface area is 230 Å². The van der Waals surface area contributed by atoms with Gasteiger partial charge in [0, 0.05) is 38.7 Å². The molecule has 0 saturated carbocycles. The summed E-state index contributed by atoms with van der Waals surface area (Å²) >= 11 is 0. The molecule has 0 aliphatic rings. The molecule has 0 saturated heterocycles. The molecule has 39 heavy (non-hydrogen) atoms. The van der Waals surface area contributed by atoms with Gasteiger partial charge in [-0.25, -0.2) is 15.0 Å². The molecule has 0 N–H and O–H groups in total. The minimum atomic E-state index is 0.191. The fourth-order valence-corrected chi connectivity index (χ4v) is 5.83. The summed E-state index contributed by atoms with van der Waals surface area (Å²) in [5, 5.41) is 5.67. The molecule has 0 unspecified atom stereocenters. The van der Waals surface area contributed by atoms with Crippen molar-refractivity contribution in [2.24, 2.45) is 11.8 Å². The van der Waals surface area contributed by atoms with Crippen molar-refractivity contribution in [3.63, 3.8) is 0 Å². The van der Waals surface area contributed by atoms with Crippen LogP contribution in [-0.2, 0) is 12.8 Å². The van der Waals surface area contributed by atoms with E-state index in [9.17, 15) is 0 Å².